The molecule has 0 fully saturated rings. The van der Waals surface area contributed by atoms with E-state index in [2.05, 4.69) is 10.4 Å². The third kappa shape index (κ3) is 2.75. The summed E-state index contributed by atoms with van der Waals surface area (Å²) >= 11 is 0. The number of nitrogens with one attached hydrogen (secondary N) is 1. The number of amides is 1. The minimum atomic E-state index is -0.458. The summed E-state index contributed by atoms with van der Waals surface area (Å²) < 4.78 is 12.4. The Morgan fingerprint density at radius 1 is 1.43 bits per heavy atom. The highest BCUT2D eigenvalue weighted by molar-refractivity contribution is 5.98. The second-order valence-electron chi connectivity index (χ2n) is 4.95. The number of methoxy groups -OCH3 is 1. The van der Waals surface area contributed by atoms with Crippen LogP contribution in [0.25, 0.3) is 11.1 Å². The number of fused-ring (bicyclic) bond motifs is 1. The zero-order valence-electron chi connectivity index (χ0n) is 12.0. The topological polar surface area (TPSA) is 65.4 Å². The average Bonchev–Trinajstić information content (AvgIpc) is 2.95. The number of hydrogen-bond donors (Lipinski definition) is 1. The summed E-state index contributed by atoms with van der Waals surface area (Å²) in [6.07, 6.45) is 3.29. The predicted molar refractivity (Wildman–Crippen MR) is 78.3 cm³/mol. The van der Waals surface area contributed by atoms with E-state index < -0.39 is 6.10 Å². The number of carbonyl (C=O) groups is 1. The molecule has 110 valence electrons. The maximum Gasteiger partial charge on any atom is 0.265 e. The van der Waals surface area contributed by atoms with Gasteiger partial charge in [-0.2, -0.15) is 5.10 Å². The Morgan fingerprint density at radius 2 is 2.29 bits per heavy atom. The third-order valence-corrected chi connectivity index (χ3v) is 3.40. The molecule has 1 unspecified atom stereocenters. The zero-order valence-corrected chi connectivity index (χ0v) is 12.0. The lowest BCUT2D eigenvalue weighted by molar-refractivity contribution is -0.122. The highest BCUT2D eigenvalue weighted by atomic mass is 16.5. The van der Waals surface area contributed by atoms with Crippen molar-refractivity contribution in [2.45, 2.75) is 19.6 Å². The summed E-state index contributed by atoms with van der Waals surface area (Å²) in [5.41, 5.74) is 2.66. The molecule has 1 atom stereocenters. The smallest absolute Gasteiger partial charge is 0.265 e. The van der Waals surface area contributed by atoms with Crippen molar-refractivity contribution in [3.8, 4) is 16.9 Å². The van der Waals surface area contributed by atoms with E-state index in [1.54, 1.807) is 20.2 Å². The van der Waals surface area contributed by atoms with Crippen LogP contribution in [0.3, 0.4) is 0 Å². The van der Waals surface area contributed by atoms with Crippen LogP contribution >= 0.6 is 0 Å². The molecule has 2 aromatic rings. The number of nitrogens with zero attached hydrogens (tertiary/aromatic N) is 2. The van der Waals surface area contributed by atoms with Gasteiger partial charge in [0.25, 0.3) is 5.91 Å². The van der Waals surface area contributed by atoms with Crippen LogP contribution in [0, 0.1) is 0 Å². The van der Waals surface area contributed by atoms with Gasteiger partial charge in [0.05, 0.1) is 25.0 Å². The Hall–Kier alpha value is -2.34. The number of ether oxygens (including phenoxy) is 2. The Labute approximate surface area is 122 Å². The van der Waals surface area contributed by atoms with Gasteiger partial charge in [-0.15, -0.1) is 0 Å². The van der Waals surface area contributed by atoms with Gasteiger partial charge in [0.2, 0.25) is 0 Å². The molecule has 1 aliphatic heterocycles. The molecule has 0 spiro atoms. The Bertz CT molecular complexity index is 666. The van der Waals surface area contributed by atoms with Crippen LogP contribution in [-0.4, -0.2) is 35.5 Å². The summed E-state index contributed by atoms with van der Waals surface area (Å²) in [6, 6.07) is 5.73. The number of aromatic nitrogens is 2. The molecule has 0 saturated heterocycles. The standard InChI is InChI=1S/C15H17N3O3/c1-10-15(19)17-13-7-11(3-4-14(13)21-10)12-8-16-18(9-12)5-6-20-2/h3-4,7-10H,5-6H2,1-2H3,(H,17,19). The highest BCUT2D eigenvalue weighted by Crippen LogP contribution is 2.33. The second-order valence-corrected chi connectivity index (χ2v) is 4.95. The minimum absolute atomic E-state index is 0.129. The highest BCUT2D eigenvalue weighted by Gasteiger charge is 2.23. The van der Waals surface area contributed by atoms with Crippen molar-refractivity contribution >= 4 is 11.6 Å². The lowest BCUT2D eigenvalue weighted by Gasteiger charge is -2.23. The summed E-state index contributed by atoms with van der Waals surface area (Å²) in [5.74, 6) is 0.563. The van der Waals surface area contributed by atoms with E-state index in [1.807, 2.05) is 29.1 Å². The van der Waals surface area contributed by atoms with Crippen LogP contribution in [0.15, 0.2) is 30.6 Å². The second kappa shape index (κ2) is 5.57. The molecule has 3 rings (SSSR count). The summed E-state index contributed by atoms with van der Waals surface area (Å²) in [7, 11) is 1.66. The third-order valence-electron chi connectivity index (χ3n) is 3.40. The van der Waals surface area contributed by atoms with E-state index in [0.717, 1.165) is 11.1 Å². The molecule has 2 heterocycles. The van der Waals surface area contributed by atoms with Crippen molar-refractivity contribution in [3.05, 3.63) is 30.6 Å². The van der Waals surface area contributed by atoms with Crippen molar-refractivity contribution in [2.24, 2.45) is 0 Å². The van der Waals surface area contributed by atoms with E-state index in [9.17, 15) is 4.79 Å². The first-order valence-corrected chi connectivity index (χ1v) is 6.80. The van der Waals surface area contributed by atoms with Gasteiger partial charge in [-0.1, -0.05) is 6.07 Å². The molecule has 1 aliphatic rings. The van der Waals surface area contributed by atoms with E-state index >= 15 is 0 Å². The lowest BCUT2D eigenvalue weighted by Crippen LogP contribution is -2.34. The molecule has 0 saturated carbocycles. The molecule has 6 heteroatoms. The van der Waals surface area contributed by atoms with Gasteiger partial charge in [-0.05, 0) is 24.6 Å². The number of carbonyl (C=O) groups excluding carboxylic acids is 1. The molecule has 0 radical (unpaired) electrons. The van der Waals surface area contributed by atoms with Gasteiger partial charge in [-0.3, -0.25) is 9.48 Å². The molecular weight excluding hydrogens is 270 g/mol. The first kappa shape index (κ1) is 13.6. The lowest BCUT2D eigenvalue weighted by atomic mass is 10.1. The van der Waals surface area contributed by atoms with Crippen LogP contribution in [0.4, 0.5) is 5.69 Å². The van der Waals surface area contributed by atoms with E-state index in [1.165, 1.54) is 0 Å². The number of hydrogen-bond acceptors (Lipinski definition) is 4. The van der Waals surface area contributed by atoms with Gasteiger partial charge < -0.3 is 14.8 Å². The fourth-order valence-corrected chi connectivity index (χ4v) is 2.21. The van der Waals surface area contributed by atoms with Crippen molar-refractivity contribution in [1.29, 1.82) is 0 Å². The van der Waals surface area contributed by atoms with E-state index in [4.69, 9.17) is 9.47 Å². The molecule has 0 bridgehead atoms. The minimum Gasteiger partial charge on any atom is -0.479 e. The van der Waals surface area contributed by atoms with Crippen LogP contribution in [0.2, 0.25) is 0 Å². The Kier molecular flexibility index (Phi) is 3.62. The Balaban J connectivity index is 1.85. The Morgan fingerprint density at radius 3 is 3.10 bits per heavy atom. The van der Waals surface area contributed by atoms with Crippen molar-refractivity contribution in [3.63, 3.8) is 0 Å². The van der Waals surface area contributed by atoms with Gasteiger partial charge in [0.1, 0.15) is 5.75 Å². The SMILES string of the molecule is COCCn1cc(-c2ccc3c(c2)NC(=O)C(C)O3)cn1. The normalized spacial score (nSPS) is 17.0. The average molecular weight is 287 g/mol. The first-order valence-electron chi connectivity index (χ1n) is 6.80. The maximum atomic E-state index is 11.7. The van der Waals surface area contributed by atoms with Gasteiger partial charge >= 0.3 is 0 Å². The number of anilines is 1. The van der Waals surface area contributed by atoms with Gasteiger partial charge in [-0.25, -0.2) is 0 Å². The van der Waals surface area contributed by atoms with Crippen molar-refractivity contribution in [2.75, 3.05) is 19.0 Å². The van der Waals surface area contributed by atoms with Crippen LogP contribution < -0.4 is 10.1 Å². The van der Waals surface area contributed by atoms with E-state index in [-0.39, 0.29) is 5.91 Å². The monoisotopic (exact) mass is 287 g/mol. The number of rotatable bonds is 4. The summed E-state index contributed by atoms with van der Waals surface area (Å²) in [6.45, 7) is 3.05. The molecule has 0 aliphatic carbocycles. The molecule has 1 aromatic carbocycles. The fourth-order valence-electron chi connectivity index (χ4n) is 2.21. The largest absolute Gasteiger partial charge is 0.479 e. The fraction of sp³-hybridized carbons (Fsp3) is 0.333. The maximum absolute atomic E-state index is 11.7. The van der Waals surface area contributed by atoms with Gasteiger partial charge in [0.15, 0.2) is 6.10 Å². The quantitative estimate of drug-likeness (QED) is 0.933. The van der Waals surface area contributed by atoms with Crippen molar-refractivity contribution in [1.82, 2.24) is 9.78 Å². The zero-order chi connectivity index (χ0) is 14.8. The molecular formula is C15H17N3O3. The van der Waals surface area contributed by atoms with Crippen LogP contribution in [0.1, 0.15) is 6.92 Å². The van der Waals surface area contributed by atoms with Crippen LogP contribution in [-0.2, 0) is 16.1 Å². The first-order chi connectivity index (χ1) is 10.2. The molecule has 6 nitrogen and oxygen atoms in total. The molecule has 1 N–H and O–H groups in total. The molecule has 1 aromatic heterocycles. The van der Waals surface area contributed by atoms with E-state index in [0.29, 0.717) is 24.6 Å². The van der Waals surface area contributed by atoms with Gasteiger partial charge in [0, 0.05) is 18.9 Å². The molecule has 1 amide bonds. The predicted octanol–water partition coefficient (Wildman–Crippen LogP) is 1.92. The molecule has 21 heavy (non-hydrogen) atoms. The van der Waals surface area contributed by atoms with Crippen LogP contribution in [0.5, 0.6) is 5.75 Å². The number of benzene rings is 1. The summed E-state index contributed by atoms with van der Waals surface area (Å²) in [4.78, 5) is 11.7. The van der Waals surface area contributed by atoms with Crippen molar-refractivity contribution < 1.29 is 14.3 Å². The summed E-state index contributed by atoms with van der Waals surface area (Å²) in [5, 5.41) is 7.14.